The first-order chi connectivity index (χ1) is 7.65. The van der Waals surface area contributed by atoms with Crippen LogP contribution in [0.4, 0.5) is 15.9 Å². The number of hydrogen-bond donors (Lipinski definition) is 1. The van der Waals surface area contributed by atoms with E-state index in [1.807, 2.05) is 32.0 Å². The third-order valence-corrected chi connectivity index (χ3v) is 2.41. The monoisotopic (exact) mass is 217 g/mol. The van der Waals surface area contributed by atoms with E-state index in [1.165, 1.54) is 23.5 Å². The molecule has 1 aromatic heterocycles. The van der Waals surface area contributed by atoms with Crippen LogP contribution in [0.1, 0.15) is 11.1 Å². The fourth-order valence-electron chi connectivity index (χ4n) is 1.37. The van der Waals surface area contributed by atoms with Gasteiger partial charge >= 0.3 is 0 Å². The topological polar surface area (TPSA) is 37.8 Å². The van der Waals surface area contributed by atoms with E-state index >= 15 is 0 Å². The van der Waals surface area contributed by atoms with Crippen LogP contribution >= 0.6 is 0 Å². The Morgan fingerprint density at radius 3 is 2.56 bits per heavy atom. The van der Waals surface area contributed by atoms with Gasteiger partial charge < -0.3 is 5.32 Å². The molecule has 4 heteroatoms. The molecule has 0 aliphatic heterocycles. The highest BCUT2D eigenvalue weighted by Crippen LogP contribution is 2.17. The van der Waals surface area contributed by atoms with Crippen molar-refractivity contribution in [3.8, 4) is 0 Å². The summed E-state index contributed by atoms with van der Waals surface area (Å²) < 4.78 is 12.8. The Kier molecular flexibility index (Phi) is 2.81. The smallest absolute Gasteiger partial charge is 0.218 e. The summed E-state index contributed by atoms with van der Waals surface area (Å²) in [5.41, 5.74) is 3.29. The van der Waals surface area contributed by atoms with Crippen molar-refractivity contribution in [3.63, 3.8) is 0 Å². The summed E-state index contributed by atoms with van der Waals surface area (Å²) in [6.45, 7) is 4.07. The van der Waals surface area contributed by atoms with E-state index in [0.29, 0.717) is 5.82 Å². The van der Waals surface area contributed by atoms with Gasteiger partial charge in [-0.05, 0) is 37.1 Å². The number of rotatable bonds is 2. The highest BCUT2D eigenvalue weighted by Gasteiger charge is 2.00. The summed E-state index contributed by atoms with van der Waals surface area (Å²) in [5, 5.41) is 3.02. The molecule has 3 nitrogen and oxygen atoms in total. The number of nitrogens with zero attached hydrogens (tertiary/aromatic N) is 2. The van der Waals surface area contributed by atoms with Crippen LogP contribution in [0.5, 0.6) is 0 Å². The van der Waals surface area contributed by atoms with Gasteiger partial charge in [0.05, 0.1) is 0 Å². The van der Waals surface area contributed by atoms with Crippen LogP contribution in [-0.2, 0) is 0 Å². The zero-order chi connectivity index (χ0) is 11.5. The number of halogens is 1. The van der Waals surface area contributed by atoms with Crippen molar-refractivity contribution in [2.45, 2.75) is 13.8 Å². The first-order valence-electron chi connectivity index (χ1n) is 4.97. The van der Waals surface area contributed by atoms with Crippen molar-refractivity contribution in [2.24, 2.45) is 0 Å². The first kappa shape index (κ1) is 10.5. The number of aryl methyl sites for hydroxylation is 2. The molecule has 1 aromatic carbocycles. The van der Waals surface area contributed by atoms with E-state index in [2.05, 4.69) is 15.3 Å². The van der Waals surface area contributed by atoms with Gasteiger partial charge in [0.25, 0.3) is 0 Å². The fraction of sp³-hybridized carbons (Fsp3) is 0.167. The second-order valence-electron chi connectivity index (χ2n) is 3.65. The van der Waals surface area contributed by atoms with Gasteiger partial charge in [-0.3, -0.25) is 0 Å². The summed E-state index contributed by atoms with van der Waals surface area (Å²) >= 11 is 0. The molecule has 0 amide bonds. The summed E-state index contributed by atoms with van der Waals surface area (Å²) in [4.78, 5) is 7.32. The van der Waals surface area contributed by atoms with Crippen LogP contribution in [0.3, 0.4) is 0 Å². The quantitative estimate of drug-likeness (QED) is 0.786. The molecular formula is C12H12FN3. The molecule has 0 bridgehead atoms. The Balaban J connectivity index is 2.24. The molecule has 0 radical (unpaired) electrons. The van der Waals surface area contributed by atoms with E-state index in [1.54, 1.807) is 0 Å². The fourth-order valence-corrected chi connectivity index (χ4v) is 1.37. The van der Waals surface area contributed by atoms with Crippen molar-refractivity contribution in [2.75, 3.05) is 5.32 Å². The molecule has 0 fully saturated rings. The second kappa shape index (κ2) is 4.26. The highest BCUT2D eigenvalue weighted by molar-refractivity contribution is 5.57. The molecule has 2 rings (SSSR count). The lowest BCUT2D eigenvalue weighted by Gasteiger charge is -2.07. The highest BCUT2D eigenvalue weighted by atomic mass is 19.1. The van der Waals surface area contributed by atoms with Crippen LogP contribution in [0.15, 0.2) is 30.6 Å². The Morgan fingerprint density at radius 1 is 1.06 bits per heavy atom. The molecule has 82 valence electrons. The Morgan fingerprint density at radius 2 is 1.88 bits per heavy atom. The lowest BCUT2D eigenvalue weighted by molar-refractivity contribution is 0.580. The molecule has 0 aliphatic rings. The lowest BCUT2D eigenvalue weighted by Crippen LogP contribution is -1.96. The van der Waals surface area contributed by atoms with Gasteiger partial charge in [-0.2, -0.15) is 4.39 Å². The van der Waals surface area contributed by atoms with Crippen molar-refractivity contribution in [1.82, 2.24) is 9.97 Å². The van der Waals surface area contributed by atoms with Crippen LogP contribution < -0.4 is 5.32 Å². The maximum Gasteiger partial charge on any atom is 0.218 e. The van der Waals surface area contributed by atoms with Crippen LogP contribution in [-0.4, -0.2) is 9.97 Å². The Bertz CT molecular complexity index is 511. The number of nitrogens with one attached hydrogen (secondary N) is 1. The SMILES string of the molecule is Cc1ccc(Nc2cc(F)ncn2)cc1C. The average molecular weight is 217 g/mol. The zero-order valence-corrected chi connectivity index (χ0v) is 9.16. The minimum Gasteiger partial charge on any atom is -0.340 e. The zero-order valence-electron chi connectivity index (χ0n) is 9.16. The maximum absolute atomic E-state index is 12.8. The van der Waals surface area contributed by atoms with E-state index in [0.717, 1.165) is 5.69 Å². The van der Waals surface area contributed by atoms with Gasteiger partial charge in [0.1, 0.15) is 12.1 Å². The van der Waals surface area contributed by atoms with Gasteiger partial charge in [-0.15, -0.1) is 0 Å². The van der Waals surface area contributed by atoms with Gasteiger partial charge in [-0.1, -0.05) is 6.07 Å². The van der Waals surface area contributed by atoms with Crippen molar-refractivity contribution in [3.05, 3.63) is 47.7 Å². The number of aromatic nitrogens is 2. The second-order valence-corrected chi connectivity index (χ2v) is 3.65. The van der Waals surface area contributed by atoms with Gasteiger partial charge in [0.15, 0.2) is 0 Å². The Labute approximate surface area is 93.4 Å². The summed E-state index contributed by atoms with van der Waals surface area (Å²) in [6, 6.07) is 7.20. The lowest BCUT2D eigenvalue weighted by atomic mass is 10.1. The number of anilines is 2. The van der Waals surface area contributed by atoms with Crippen LogP contribution in [0.2, 0.25) is 0 Å². The van der Waals surface area contributed by atoms with Crippen LogP contribution in [0, 0.1) is 19.8 Å². The molecule has 0 spiro atoms. The molecule has 0 atom stereocenters. The van der Waals surface area contributed by atoms with Crippen LogP contribution in [0.25, 0.3) is 0 Å². The van der Waals surface area contributed by atoms with E-state index < -0.39 is 5.95 Å². The van der Waals surface area contributed by atoms with Gasteiger partial charge in [0.2, 0.25) is 5.95 Å². The third kappa shape index (κ3) is 2.34. The molecule has 16 heavy (non-hydrogen) atoms. The predicted molar refractivity (Wildman–Crippen MR) is 61.2 cm³/mol. The Hall–Kier alpha value is -1.97. The summed E-state index contributed by atoms with van der Waals surface area (Å²) in [5.74, 6) is -0.0860. The molecule has 0 saturated heterocycles. The molecular weight excluding hydrogens is 205 g/mol. The van der Waals surface area contributed by atoms with Crippen molar-refractivity contribution in [1.29, 1.82) is 0 Å². The van der Waals surface area contributed by atoms with Crippen molar-refractivity contribution >= 4 is 11.5 Å². The average Bonchev–Trinajstić information content (AvgIpc) is 2.24. The summed E-state index contributed by atoms with van der Waals surface area (Å²) in [6.07, 6.45) is 1.19. The first-order valence-corrected chi connectivity index (χ1v) is 4.97. The predicted octanol–water partition coefficient (Wildman–Crippen LogP) is 2.98. The van der Waals surface area contributed by atoms with E-state index in [-0.39, 0.29) is 0 Å². The molecule has 1 heterocycles. The largest absolute Gasteiger partial charge is 0.340 e. The summed E-state index contributed by atoms with van der Waals surface area (Å²) in [7, 11) is 0. The van der Waals surface area contributed by atoms with Gasteiger partial charge in [0, 0.05) is 11.8 Å². The number of benzene rings is 1. The van der Waals surface area contributed by atoms with E-state index in [4.69, 9.17) is 0 Å². The number of hydrogen-bond acceptors (Lipinski definition) is 3. The molecule has 0 unspecified atom stereocenters. The third-order valence-electron chi connectivity index (χ3n) is 2.41. The molecule has 0 aliphatic carbocycles. The molecule has 1 N–H and O–H groups in total. The minimum absolute atomic E-state index is 0.454. The molecule has 0 saturated carbocycles. The van der Waals surface area contributed by atoms with Crippen molar-refractivity contribution < 1.29 is 4.39 Å². The minimum atomic E-state index is -0.540. The molecule has 2 aromatic rings. The maximum atomic E-state index is 12.8. The normalized spacial score (nSPS) is 10.2. The van der Waals surface area contributed by atoms with E-state index in [9.17, 15) is 4.39 Å². The standard InChI is InChI=1S/C12H12FN3/c1-8-3-4-10(5-9(8)2)16-12-6-11(13)14-7-15-12/h3-7H,1-2H3,(H,14,15,16). The van der Waals surface area contributed by atoms with Gasteiger partial charge in [-0.25, -0.2) is 9.97 Å².